The Hall–Kier alpha value is -3.67. The van der Waals surface area contributed by atoms with Crippen molar-refractivity contribution < 1.29 is 18.4 Å². The number of fused-ring (bicyclic) bond motifs is 1. The van der Waals surface area contributed by atoms with Crippen LogP contribution >= 0.6 is 0 Å². The van der Waals surface area contributed by atoms with Crippen molar-refractivity contribution in [3.63, 3.8) is 0 Å². The minimum Gasteiger partial charge on any atom is -0.351 e. The monoisotopic (exact) mass is 594 g/mol. The summed E-state index contributed by atoms with van der Waals surface area (Å²) in [5.74, 6) is 0.528. The van der Waals surface area contributed by atoms with Crippen LogP contribution < -0.4 is 15.6 Å². The molecule has 5 aliphatic rings. The summed E-state index contributed by atoms with van der Waals surface area (Å²) < 4.78 is 30.7. The number of urea groups is 1. The third-order valence-electron chi connectivity index (χ3n) is 9.77. The lowest BCUT2D eigenvalue weighted by atomic mass is 9.92. The summed E-state index contributed by atoms with van der Waals surface area (Å²) in [4.78, 5) is 31.5. The first-order chi connectivity index (χ1) is 20.8. The predicted molar refractivity (Wildman–Crippen MR) is 158 cm³/mol. The van der Waals surface area contributed by atoms with Crippen LogP contribution in [0.1, 0.15) is 56.1 Å². The first kappa shape index (κ1) is 28.1. The van der Waals surface area contributed by atoms with Gasteiger partial charge in [0.15, 0.2) is 0 Å². The third kappa shape index (κ3) is 5.13. The van der Waals surface area contributed by atoms with E-state index in [4.69, 9.17) is 0 Å². The van der Waals surface area contributed by atoms with Crippen molar-refractivity contribution in [2.45, 2.75) is 63.6 Å². The smallest absolute Gasteiger partial charge is 0.317 e. The molecule has 230 valence electrons. The number of piperidine rings is 1. The van der Waals surface area contributed by atoms with Crippen molar-refractivity contribution in [2.75, 3.05) is 44.7 Å². The molecule has 1 aromatic heterocycles. The number of nitrogens with zero attached hydrogens (tertiary/aromatic N) is 6. The summed E-state index contributed by atoms with van der Waals surface area (Å²) in [7, 11) is 3.43. The number of alkyl halides is 2. The van der Waals surface area contributed by atoms with Crippen molar-refractivity contribution in [3.8, 4) is 11.1 Å². The van der Waals surface area contributed by atoms with Crippen LogP contribution in [0.2, 0.25) is 0 Å². The SMILES string of the molecule is CNC(=O)N1CCC2=C(C1)C(N1CCCc3cc(-c4cnn(C)c4)c(C(F)F)cc31)NN2C1CCN(C(=O)C2CC2)CC1. The highest BCUT2D eigenvalue weighted by atomic mass is 19.3. The molecule has 12 heteroatoms. The van der Waals surface area contributed by atoms with E-state index in [9.17, 15) is 18.4 Å². The Morgan fingerprint density at radius 2 is 1.84 bits per heavy atom. The van der Waals surface area contributed by atoms with Crippen molar-refractivity contribution in [3.05, 3.63) is 46.9 Å². The molecule has 5 heterocycles. The summed E-state index contributed by atoms with van der Waals surface area (Å²) in [5.41, 5.74) is 9.20. The highest BCUT2D eigenvalue weighted by Crippen LogP contribution is 2.42. The van der Waals surface area contributed by atoms with Crippen molar-refractivity contribution in [1.82, 2.24) is 35.3 Å². The molecule has 0 bridgehead atoms. The summed E-state index contributed by atoms with van der Waals surface area (Å²) in [6.45, 7) is 3.31. The van der Waals surface area contributed by atoms with Gasteiger partial charge in [0.25, 0.3) is 6.43 Å². The molecule has 0 radical (unpaired) electrons. The predicted octanol–water partition coefficient (Wildman–Crippen LogP) is 3.62. The molecule has 1 atom stereocenters. The molecule has 43 heavy (non-hydrogen) atoms. The number of aryl methyl sites for hydroxylation is 2. The molecule has 7 rings (SSSR count). The Balaban J connectivity index is 1.21. The second-order valence-electron chi connectivity index (χ2n) is 12.5. The molecule has 1 saturated heterocycles. The summed E-state index contributed by atoms with van der Waals surface area (Å²) in [5, 5.41) is 9.28. The maximum absolute atomic E-state index is 14.5. The normalized spacial score (nSPS) is 22.8. The molecule has 0 spiro atoms. The highest BCUT2D eigenvalue weighted by Gasteiger charge is 2.44. The standard InChI is InChI=1S/C31H40F2N8O2/c1-34-31(43)39-13-9-26-25(18-39)29(36-41(26)22-7-11-38(12-8-22)30(42)19-5-6-19)40-10-3-4-20-14-23(21-16-35-37(2)17-21)24(28(32)33)15-27(20)40/h14-17,19,22,28-29,36H,3-13,18H2,1-2H3,(H,34,43). The minimum atomic E-state index is -2.63. The van der Waals surface area contributed by atoms with E-state index in [-0.39, 0.29) is 29.7 Å². The van der Waals surface area contributed by atoms with Crippen LogP contribution in [-0.2, 0) is 18.3 Å². The second-order valence-corrected chi connectivity index (χ2v) is 12.5. The average molecular weight is 595 g/mol. The van der Waals surface area contributed by atoms with Gasteiger partial charge >= 0.3 is 6.03 Å². The third-order valence-corrected chi connectivity index (χ3v) is 9.77. The van der Waals surface area contributed by atoms with E-state index < -0.39 is 6.43 Å². The quantitative estimate of drug-likeness (QED) is 0.550. The van der Waals surface area contributed by atoms with Gasteiger partial charge in [-0.1, -0.05) is 0 Å². The molecule has 2 aromatic rings. The lowest BCUT2D eigenvalue weighted by Crippen LogP contribution is -2.55. The Kier molecular flexibility index (Phi) is 7.27. The Morgan fingerprint density at radius 3 is 2.51 bits per heavy atom. The minimum absolute atomic E-state index is 0.00559. The molecule has 1 aromatic carbocycles. The van der Waals surface area contributed by atoms with Crippen molar-refractivity contribution >= 4 is 17.6 Å². The van der Waals surface area contributed by atoms with Crippen molar-refractivity contribution in [2.24, 2.45) is 13.0 Å². The second kappa shape index (κ2) is 11.1. The molecule has 2 N–H and O–H groups in total. The number of hydrogen-bond acceptors (Lipinski definition) is 6. The zero-order chi connectivity index (χ0) is 29.8. The molecule has 3 amide bonds. The van der Waals surface area contributed by atoms with Gasteiger partial charge in [0.05, 0.1) is 6.20 Å². The van der Waals surface area contributed by atoms with Gasteiger partial charge in [-0.05, 0) is 61.8 Å². The molecule has 4 aliphatic heterocycles. The Bertz CT molecular complexity index is 1450. The largest absolute Gasteiger partial charge is 0.351 e. The first-order valence-electron chi connectivity index (χ1n) is 15.6. The fraction of sp³-hybridized carbons (Fsp3) is 0.581. The van der Waals surface area contributed by atoms with E-state index in [2.05, 4.69) is 25.8 Å². The summed E-state index contributed by atoms with van der Waals surface area (Å²) in [6.07, 6.45) is 6.73. The number of hydrazine groups is 1. The van der Waals surface area contributed by atoms with Gasteiger partial charge < -0.3 is 25.0 Å². The number of rotatable bonds is 5. The molecule has 2 fully saturated rings. The van der Waals surface area contributed by atoms with E-state index in [1.807, 2.05) is 15.9 Å². The Labute approximate surface area is 250 Å². The van der Waals surface area contributed by atoms with Gasteiger partial charge in [0.2, 0.25) is 5.91 Å². The van der Waals surface area contributed by atoms with Crippen LogP contribution in [0.3, 0.4) is 0 Å². The number of carbonyl (C=O) groups excluding carboxylic acids is 2. The van der Waals surface area contributed by atoms with Gasteiger partial charge in [0.1, 0.15) is 6.17 Å². The van der Waals surface area contributed by atoms with E-state index in [0.29, 0.717) is 30.1 Å². The van der Waals surface area contributed by atoms with Crippen LogP contribution in [0.25, 0.3) is 11.1 Å². The average Bonchev–Trinajstić information content (AvgIpc) is 3.68. The summed E-state index contributed by atoms with van der Waals surface area (Å²) in [6, 6.07) is 3.70. The van der Waals surface area contributed by atoms with Crippen LogP contribution in [0.4, 0.5) is 19.3 Å². The lowest BCUT2D eigenvalue weighted by Gasteiger charge is -2.41. The van der Waals surface area contributed by atoms with Gasteiger partial charge in [-0.2, -0.15) is 5.10 Å². The molecular weight excluding hydrogens is 554 g/mol. The van der Waals surface area contributed by atoms with Crippen LogP contribution in [0, 0.1) is 5.92 Å². The molecular formula is C31H40F2N8O2. The lowest BCUT2D eigenvalue weighted by molar-refractivity contribution is -0.134. The zero-order valence-corrected chi connectivity index (χ0v) is 24.9. The number of hydrogen-bond donors (Lipinski definition) is 2. The summed E-state index contributed by atoms with van der Waals surface area (Å²) >= 11 is 0. The highest BCUT2D eigenvalue weighted by molar-refractivity contribution is 5.81. The number of benzene rings is 1. The van der Waals surface area contributed by atoms with Crippen molar-refractivity contribution in [1.29, 1.82) is 0 Å². The number of amides is 3. The number of halogens is 2. The van der Waals surface area contributed by atoms with Crippen LogP contribution in [0.5, 0.6) is 0 Å². The van der Waals surface area contributed by atoms with E-state index in [1.165, 1.54) is 5.70 Å². The fourth-order valence-corrected chi connectivity index (χ4v) is 7.37. The van der Waals surface area contributed by atoms with E-state index in [1.54, 1.807) is 37.2 Å². The van der Waals surface area contributed by atoms with E-state index in [0.717, 1.165) is 81.4 Å². The van der Waals surface area contributed by atoms with Gasteiger partial charge in [-0.15, -0.1) is 0 Å². The molecule has 1 aliphatic carbocycles. The zero-order valence-electron chi connectivity index (χ0n) is 24.9. The molecule has 1 saturated carbocycles. The maximum Gasteiger partial charge on any atom is 0.317 e. The van der Waals surface area contributed by atoms with Gasteiger partial charge in [0, 0.05) is 99.5 Å². The van der Waals surface area contributed by atoms with E-state index >= 15 is 0 Å². The number of likely N-dealkylation sites (tertiary alicyclic amines) is 1. The number of nitrogens with one attached hydrogen (secondary N) is 2. The molecule has 1 unspecified atom stereocenters. The fourth-order valence-electron chi connectivity index (χ4n) is 7.37. The van der Waals surface area contributed by atoms with Gasteiger partial charge in [-0.25, -0.2) is 19.0 Å². The number of aromatic nitrogens is 2. The first-order valence-corrected chi connectivity index (χ1v) is 15.6. The number of carbonyl (C=O) groups is 2. The van der Waals surface area contributed by atoms with Crippen LogP contribution in [0.15, 0.2) is 35.8 Å². The molecule has 10 nitrogen and oxygen atoms in total. The van der Waals surface area contributed by atoms with Crippen LogP contribution in [-0.4, -0.2) is 88.5 Å². The maximum atomic E-state index is 14.5. The Morgan fingerprint density at radius 1 is 1.05 bits per heavy atom. The van der Waals surface area contributed by atoms with Gasteiger partial charge in [-0.3, -0.25) is 9.48 Å². The number of anilines is 1. The topological polar surface area (TPSA) is 89.0 Å².